The maximum absolute atomic E-state index is 11.4. The first-order chi connectivity index (χ1) is 7.26. The van der Waals surface area contributed by atoms with E-state index in [9.17, 15) is 9.59 Å². The summed E-state index contributed by atoms with van der Waals surface area (Å²) in [5.41, 5.74) is -0.571. The lowest BCUT2D eigenvalue weighted by molar-refractivity contribution is -0.121. The van der Waals surface area contributed by atoms with Crippen LogP contribution in [0.25, 0.3) is 0 Å². The smallest absolute Gasteiger partial charge is 0.408 e. The van der Waals surface area contributed by atoms with E-state index < -0.39 is 17.7 Å². The van der Waals surface area contributed by atoms with Crippen molar-refractivity contribution < 1.29 is 19.4 Å². The summed E-state index contributed by atoms with van der Waals surface area (Å²) in [5.74, 6) is -0.111. The van der Waals surface area contributed by atoms with Gasteiger partial charge >= 0.3 is 6.09 Å². The van der Waals surface area contributed by atoms with Gasteiger partial charge in [0.2, 0.25) is 0 Å². The molecule has 2 N–H and O–H groups in total. The van der Waals surface area contributed by atoms with Crippen molar-refractivity contribution in [3.05, 3.63) is 0 Å². The molecular formula is C11H21NO4. The van der Waals surface area contributed by atoms with Crippen molar-refractivity contribution >= 4 is 11.9 Å². The van der Waals surface area contributed by atoms with Crippen molar-refractivity contribution in [2.45, 2.75) is 52.2 Å². The number of carbonyl (C=O) groups is 2. The van der Waals surface area contributed by atoms with Crippen LogP contribution in [-0.4, -0.2) is 35.2 Å². The van der Waals surface area contributed by atoms with Crippen molar-refractivity contribution in [3.63, 3.8) is 0 Å². The molecule has 94 valence electrons. The second-order valence-electron chi connectivity index (χ2n) is 4.66. The van der Waals surface area contributed by atoms with E-state index in [2.05, 4.69) is 5.32 Å². The van der Waals surface area contributed by atoms with Crippen LogP contribution in [0.1, 0.15) is 40.5 Å². The van der Waals surface area contributed by atoms with Crippen LogP contribution in [0.15, 0.2) is 0 Å². The highest BCUT2D eigenvalue weighted by atomic mass is 16.6. The molecule has 0 aliphatic carbocycles. The molecule has 0 bridgehead atoms. The van der Waals surface area contributed by atoms with Gasteiger partial charge in [-0.2, -0.15) is 0 Å². The number of amides is 1. The molecule has 0 aromatic rings. The zero-order valence-electron chi connectivity index (χ0n) is 10.4. The van der Waals surface area contributed by atoms with Crippen LogP contribution >= 0.6 is 0 Å². The Kier molecular flexibility index (Phi) is 6.03. The van der Waals surface area contributed by atoms with Gasteiger partial charge in [-0.15, -0.1) is 0 Å². The molecule has 0 aromatic heterocycles. The molecule has 0 aromatic carbocycles. The van der Waals surface area contributed by atoms with Gasteiger partial charge in [0.05, 0.1) is 6.04 Å². The van der Waals surface area contributed by atoms with Crippen molar-refractivity contribution in [2.24, 2.45) is 0 Å². The van der Waals surface area contributed by atoms with E-state index in [1.807, 2.05) is 0 Å². The number of hydrogen-bond acceptors (Lipinski definition) is 4. The van der Waals surface area contributed by atoms with Crippen LogP contribution in [0.2, 0.25) is 0 Å². The van der Waals surface area contributed by atoms with Gasteiger partial charge in [0.15, 0.2) is 5.78 Å². The van der Waals surface area contributed by atoms with Crippen LogP contribution in [0.3, 0.4) is 0 Å². The van der Waals surface area contributed by atoms with Crippen molar-refractivity contribution in [1.82, 2.24) is 5.32 Å². The van der Waals surface area contributed by atoms with Crippen LogP contribution in [0, 0.1) is 0 Å². The monoisotopic (exact) mass is 231 g/mol. The fourth-order valence-corrected chi connectivity index (χ4v) is 1.03. The van der Waals surface area contributed by atoms with Crippen LogP contribution in [0.5, 0.6) is 0 Å². The molecule has 0 aliphatic rings. The topological polar surface area (TPSA) is 75.6 Å². The van der Waals surface area contributed by atoms with Gasteiger partial charge in [0.1, 0.15) is 5.60 Å². The van der Waals surface area contributed by atoms with E-state index >= 15 is 0 Å². The third-order valence-corrected chi connectivity index (χ3v) is 1.80. The molecule has 0 rings (SSSR count). The quantitative estimate of drug-likeness (QED) is 0.746. The normalized spacial score (nSPS) is 13.1. The molecular weight excluding hydrogens is 210 g/mol. The predicted molar refractivity (Wildman–Crippen MR) is 60.2 cm³/mol. The van der Waals surface area contributed by atoms with Crippen LogP contribution < -0.4 is 5.32 Å². The minimum Gasteiger partial charge on any atom is -0.444 e. The first-order valence-electron chi connectivity index (χ1n) is 5.39. The number of ether oxygens (including phenoxy) is 1. The molecule has 0 fully saturated rings. The zero-order valence-corrected chi connectivity index (χ0v) is 10.4. The predicted octanol–water partition coefficient (Wildman–Crippen LogP) is 1.24. The molecule has 0 heterocycles. The van der Waals surface area contributed by atoms with Gasteiger partial charge in [0.25, 0.3) is 0 Å². The van der Waals surface area contributed by atoms with E-state index in [1.54, 1.807) is 27.7 Å². The average Bonchev–Trinajstić information content (AvgIpc) is 2.10. The molecule has 5 heteroatoms. The summed E-state index contributed by atoms with van der Waals surface area (Å²) in [6.07, 6.45) is 0.0736. The van der Waals surface area contributed by atoms with Gasteiger partial charge in [-0.1, -0.05) is 0 Å². The largest absolute Gasteiger partial charge is 0.444 e. The summed E-state index contributed by atoms with van der Waals surface area (Å²) in [6, 6.07) is -0.582. The molecule has 1 atom stereocenters. The Hall–Kier alpha value is -1.10. The maximum atomic E-state index is 11.4. The highest BCUT2D eigenvalue weighted by molar-refractivity contribution is 5.86. The van der Waals surface area contributed by atoms with Crippen molar-refractivity contribution in [2.75, 3.05) is 6.61 Å². The second kappa shape index (κ2) is 6.48. The Balaban J connectivity index is 3.99. The number of alkyl carbamates (subject to hydrolysis) is 1. The number of nitrogens with one attached hydrogen (secondary N) is 1. The van der Waals surface area contributed by atoms with E-state index in [0.717, 1.165) is 0 Å². The van der Waals surface area contributed by atoms with Gasteiger partial charge < -0.3 is 15.2 Å². The fraction of sp³-hybridized carbons (Fsp3) is 0.818. The molecule has 5 nitrogen and oxygen atoms in total. The molecule has 0 saturated heterocycles. The molecule has 0 unspecified atom stereocenters. The molecule has 0 aliphatic heterocycles. The number of hydrogen-bond donors (Lipinski definition) is 2. The van der Waals surface area contributed by atoms with Gasteiger partial charge in [-0.3, -0.25) is 4.79 Å². The Morgan fingerprint density at radius 1 is 1.38 bits per heavy atom. The van der Waals surface area contributed by atoms with E-state index in [1.165, 1.54) is 0 Å². The molecule has 0 radical (unpaired) electrons. The van der Waals surface area contributed by atoms with E-state index in [0.29, 0.717) is 6.42 Å². The third-order valence-electron chi connectivity index (χ3n) is 1.80. The number of carbonyl (C=O) groups excluding carboxylic acids is 2. The third kappa shape index (κ3) is 7.23. The summed E-state index contributed by atoms with van der Waals surface area (Å²) in [5, 5.41) is 11.0. The first-order valence-corrected chi connectivity index (χ1v) is 5.39. The Bertz CT molecular complexity index is 245. The highest BCUT2D eigenvalue weighted by Crippen LogP contribution is 2.07. The lowest BCUT2D eigenvalue weighted by Crippen LogP contribution is -2.41. The summed E-state index contributed by atoms with van der Waals surface area (Å²) in [4.78, 5) is 22.7. The van der Waals surface area contributed by atoms with Gasteiger partial charge in [-0.25, -0.2) is 4.79 Å². The Morgan fingerprint density at radius 3 is 2.38 bits per heavy atom. The van der Waals surface area contributed by atoms with E-state index in [4.69, 9.17) is 9.84 Å². The van der Waals surface area contributed by atoms with E-state index in [-0.39, 0.29) is 18.8 Å². The molecule has 1 amide bonds. The summed E-state index contributed by atoms with van der Waals surface area (Å²) in [6.45, 7) is 6.84. The fourth-order valence-electron chi connectivity index (χ4n) is 1.03. The first kappa shape index (κ1) is 14.9. The van der Waals surface area contributed by atoms with Crippen LogP contribution in [-0.2, 0) is 9.53 Å². The minimum absolute atomic E-state index is 0.0229. The minimum atomic E-state index is -0.600. The lowest BCUT2D eigenvalue weighted by atomic mass is 10.1. The van der Waals surface area contributed by atoms with Gasteiger partial charge in [-0.05, 0) is 34.1 Å². The summed E-state index contributed by atoms with van der Waals surface area (Å²) < 4.78 is 5.01. The lowest BCUT2D eigenvalue weighted by Gasteiger charge is -2.21. The average molecular weight is 231 g/mol. The number of rotatable bonds is 5. The van der Waals surface area contributed by atoms with Crippen molar-refractivity contribution in [1.29, 1.82) is 0 Å². The number of aliphatic hydroxyl groups excluding tert-OH is 1. The Morgan fingerprint density at radius 2 is 1.94 bits per heavy atom. The number of Topliss-reactive ketones (excluding diaryl/α,β-unsaturated/α-hetero) is 1. The zero-order chi connectivity index (χ0) is 12.8. The number of aliphatic hydroxyl groups is 1. The summed E-state index contributed by atoms with van der Waals surface area (Å²) >= 11 is 0. The van der Waals surface area contributed by atoms with Crippen molar-refractivity contribution in [3.8, 4) is 0 Å². The van der Waals surface area contributed by atoms with Crippen LogP contribution in [0.4, 0.5) is 4.79 Å². The number of ketones is 1. The van der Waals surface area contributed by atoms with Gasteiger partial charge in [0, 0.05) is 13.0 Å². The molecule has 0 spiro atoms. The standard InChI is InChI=1S/C11H21NO4/c1-8(9(14)6-5-7-13)12-10(15)16-11(2,3)4/h8,13H,5-7H2,1-4H3,(H,12,15)/t8-/m1/s1. The Labute approximate surface area is 96.2 Å². The molecule has 16 heavy (non-hydrogen) atoms. The second-order valence-corrected chi connectivity index (χ2v) is 4.66. The molecule has 0 saturated carbocycles. The highest BCUT2D eigenvalue weighted by Gasteiger charge is 2.20. The SMILES string of the molecule is C[C@@H](NC(=O)OC(C)(C)C)C(=O)CCCO. The maximum Gasteiger partial charge on any atom is 0.408 e. The summed E-state index contributed by atoms with van der Waals surface area (Å²) in [7, 11) is 0.